The van der Waals surface area contributed by atoms with Crippen LogP contribution in [-0.4, -0.2) is 80.2 Å². The lowest BCUT2D eigenvalue weighted by Gasteiger charge is -2.40. The van der Waals surface area contributed by atoms with Crippen LogP contribution in [0.2, 0.25) is 5.02 Å². The number of fused-ring (bicyclic) bond motifs is 1. The van der Waals surface area contributed by atoms with Gasteiger partial charge in [0.15, 0.2) is 5.65 Å². The average molecular weight is 600 g/mol. The van der Waals surface area contributed by atoms with Gasteiger partial charge in [0.1, 0.15) is 28.9 Å². The summed E-state index contributed by atoms with van der Waals surface area (Å²) in [6, 6.07) is 6.51. The van der Waals surface area contributed by atoms with E-state index in [0.717, 1.165) is 55.7 Å². The molecule has 218 valence electrons. The summed E-state index contributed by atoms with van der Waals surface area (Å²) in [5, 5.41) is 8.45. The first-order valence-corrected chi connectivity index (χ1v) is 16.0. The van der Waals surface area contributed by atoms with Crippen LogP contribution in [0.1, 0.15) is 59.8 Å². The number of nitrogens with one attached hydrogen (secondary N) is 2. The lowest BCUT2D eigenvalue weighted by atomic mass is 9.98. The number of carbonyl (C=O) groups excluding carboxylic acids is 2. The van der Waals surface area contributed by atoms with Crippen LogP contribution in [-0.2, 0) is 20.5 Å². The third kappa shape index (κ3) is 5.77. The van der Waals surface area contributed by atoms with Crippen LogP contribution in [0.5, 0.6) is 0 Å². The van der Waals surface area contributed by atoms with Crippen LogP contribution in [0.3, 0.4) is 0 Å². The van der Waals surface area contributed by atoms with Crippen molar-refractivity contribution in [2.45, 2.75) is 57.2 Å². The van der Waals surface area contributed by atoms with Crippen molar-refractivity contribution in [3.63, 3.8) is 0 Å². The van der Waals surface area contributed by atoms with Gasteiger partial charge in [-0.25, -0.2) is 13.7 Å². The van der Waals surface area contributed by atoms with Gasteiger partial charge in [0.2, 0.25) is 0 Å². The minimum Gasteiger partial charge on any atom is -0.457 e. The first-order chi connectivity index (χ1) is 19.8. The summed E-state index contributed by atoms with van der Waals surface area (Å²) >= 11 is 6.25. The molecule has 41 heavy (non-hydrogen) atoms. The SMILES string of the molecule is Cc1cn2nc(C3CCCCN3C(=O)c3cc(Cl)ccc3NS(C)=O)cc2nc1N1CC(OC(=O)C2CCCN2)C1. The third-order valence-corrected chi connectivity index (χ3v) is 8.71. The molecule has 0 bridgehead atoms. The van der Waals surface area contributed by atoms with Crippen molar-refractivity contribution in [1.29, 1.82) is 0 Å². The van der Waals surface area contributed by atoms with E-state index in [1.807, 2.05) is 24.1 Å². The van der Waals surface area contributed by atoms with Crippen molar-refractivity contribution >= 4 is 51.6 Å². The Bertz CT molecular complexity index is 1500. The number of amides is 1. The molecule has 1 aromatic carbocycles. The standard InChI is InChI=1S/C28H34ClN7O4S/c1-17-14-36-25(31-26(17)34-15-19(16-34)40-28(38)22-6-5-10-30-22)13-23(32-36)24-7-3-4-11-35(24)27(37)20-12-18(29)8-9-21(20)33-41(2)39/h8-9,12-14,19,22,24,30,33H,3-7,10-11,15-16H2,1-2H3. The van der Waals surface area contributed by atoms with Gasteiger partial charge in [-0.2, -0.15) is 5.10 Å². The molecular weight excluding hydrogens is 566 g/mol. The van der Waals surface area contributed by atoms with Crippen molar-refractivity contribution < 1.29 is 18.5 Å². The van der Waals surface area contributed by atoms with Crippen LogP contribution >= 0.6 is 11.6 Å². The summed E-state index contributed by atoms with van der Waals surface area (Å²) in [5.41, 5.74) is 3.31. The number of aryl methyl sites for hydroxylation is 1. The highest BCUT2D eigenvalue weighted by Crippen LogP contribution is 2.34. The minimum absolute atomic E-state index is 0.138. The number of likely N-dealkylation sites (tertiary alicyclic amines) is 1. The molecular formula is C28H34ClN7O4S. The molecule has 0 radical (unpaired) electrons. The van der Waals surface area contributed by atoms with Crippen LogP contribution < -0.4 is 14.9 Å². The second-order valence-electron chi connectivity index (χ2n) is 11.0. The molecule has 2 N–H and O–H groups in total. The van der Waals surface area contributed by atoms with E-state index in [-0.39, 0.29) is 30.1 Å². The second kappa shape index (κ2) is 11.6. The van der Waals surface area contributed by atoms with E-state index in [2.05, 4.69) is 14.9 Å². The van der Waals surface area contributed by atoms with Gasteiger partial charge in [-0.15, -0.1) is 0 Å². The Balaban J connectivity index is 1.20. The van der Waals surface area contributed by atoms with E-state index in [1.54, 1.807) is 22.7 Å². The molecule has 2 aromatic heterocycles. The molecule has 1 amide bonds. The molecule has 0 spiro atoms. The molecule has 3 fully saturated rings. The predicted molar refractivity (Wildman–Crippen MR) is 158 cm³/mol. The molecule has 3 aromatic rings. The number of piperidine rings is 1. The number of rotatable bonds is 7. The van der Waals surface area contributed by atoms with Gasteiger partial charge in [0, 0.05) is 35.6 Å². The lowest BCUT2D eigenvalue weighted by Crippen LogP contribution is -2.54. The van der Waals surface area contributed by atoms with Gasteiger partial charge in [0.05, 0.1) is 36.1 Å². The largest absolute Gasteiger partial charge is 0.457 e. The molecule has 0 aliphatic carbocycles. The average Bonchev–Trinajstić information content (AvgIpc) is 3.61. The lowest BCUT2D eigenvalue weighted by molar-refractivity contribution is -0.152. The van der Waals surface area contributed by atoms with Gasteiger partial charge < -0.3 is 24.6 Å². The molecule has 11 nitrogen and oxygen atoms in total. The maximum absolute atomic E-state index is 13.8. The van der Waals surface area contributed by atoms with Crippen LogP contribution in [0, 0.1) is 6.92 Å². The van der Waals surface area contributed by atoms with Crippen LogP contribution in [0.25, 0.3) is 5.65 Å². The van der Waals surface area contributed by atoms with E-state index in [4.69, 9.17) is 26.4 Å². The smallest absolute Gasteiger partial charge is 0.323 e. The van der Waals surface area contributed by atoms with Gasteiger partial charge >= 0.3 is 5.97 Å². The summed E-state index contributed by atoms with van der Waals surface area (Å²) in [4.78, 5) is 35.0. The zero-order valence-corrected chi connectivity index (χ0v) is 24.7. The fourth-order valence-electron chi connectivity index (χ4n) is 5.89. The molecule has 3 unspecified atom stereocenters. The Hall–Kier alpha value is -3.22. The fourth-order valence-corrected chi connectivity index (χ4v) is 6.55. The zero-order chi connectivity index (χ0) is 28.7. The summed E-state index contributed by atoms with van der Waals surface area (Å²) in [6.07, 6.45) is 7.80. The number of hydrogen-bond donors (Lipinski definition) is 2. The van der Waals surface area contributed by atoms with E-state index >= 15 is 0 Å². The highest BCUT2D eigenvalue weighted by Gasteiger charge is 2.36. The maximum atomic E-state index is 13.8. The number of benzene rings is 1. The van der Waals surface area contributed by atoms with Crippen molar-refractivity contribution in [3.8, 4) is 0 Å². The Kier molecular flexibility index (Phi) is 7.88. The Morgan fingerprint density at radius 3 is 2.76 bits per heavy atom. The number of esters is 1. The fraction of sp³-hybridized carbons (Fsp3) is 0.500. The highest BCUT2D eigenvalue weighted by atomic mass is 35.5. The summed E-state index contributed by atoms with van der Waals surface area (Å²) in [7, 11) is -1.34. The highest BCUT2D eigenvalue weighted by molar-refractivity contribution is 7.85. The van der Waals surface area contributed by atoms with Crippen molar-refractivity contribution in [2.75, 3.05) is 42.1 Å². The van der Waals surface area contributed by atoms with E-state index in [1.165, 1.54) is 6.26 Å². The quantitative estimate of drug-likeness (QED) is 0.397. The third-order valence-electron chi connectivity index (χ3n) is 7.97. The summed E-state index contributed by atoms with van der Waals surface area (Å²) in [6.45, 7) is 4.65. The van der Waals surface area contributed by atoms with Gasteiger partial charge in [-0.05, 0) is 63.8 Å². The normalized spacial score (nSPS) is 22.0. The van der Waals surface area contributed by atoms with Crippen molar-refractivity contribution in [3.05, 3.63) is 52.3 Å². The molecule has 5 heterocycles. The molecule has 13 heteroatoms. The number of ether oxygens (including phenoxy) is 1. The first kappa shape index (κ1) is 27.9. The summed E-state index contributed by atoms with van der Waals surface area (Å²) < 4.78 is 22.2. The Labute approximate surface area is 246 Å². The van der Waals surface area contributed by atoms with Gasteiger partial charge in [-0.1, -0.05) is 11.6 Å². The number of halogens is 1. The number of anilines is 2. The monoisotopic (exact) mass is 599 g/mol. The Morgan fingerprint density at radius 2 is 2.00 bits per heavy atom. The molecule has 3 aliphatic heterocycles. The van der Waals surface area contributed by atoms with Gasteiger partial charge in [0.25, 0.3) is 5.91 Å². The zero-order valence-electron chi connectivity index (χ0n) is 23.1. The minimum atomic E-state index is -1.34. The van der Waals surface area contributed by atoms with Crippen LogP contribution in [0.15, 0.2) is 30.5 Å². The molecule has 6 rings (SSSR count). The van der Waals surface area contributed by atoms with Gasteiger partial charge in [-0.3, -0.25) is 9.59 Å². The number of hydrogen-bond acceptors (Lipinski definition) is 8. The van der Waals surface area contributed by atoms with E-state index in [0.29, 0.717) is 41.6 Å². The number of aromatic nitrogens is 3. The van der Waals surface area contributed by atoms with Crippen molar-refractivity contribution in [1.82, 2.24) is 24.8 Å². The van der Waals surface area contributed by atoms with E-state index < -0.39 is 11.0 Å². The predicted octanol–water partition coefficient (Wildman–Crippen LogP) is 3.25. The Morgan fingerprint density at radius 1 is 1.17 bits per heavy atom. The number of carbonyl (C=O) groups is 2. The topological polar surface area (TPSA) is 121 Å². The van der Waals surface area contributed by atoms with Crippen molar-refractivity contribution in [2.24, 2.45) is 0 Å². The maximum Gasteiger partial charge on any atom is 0.323 e. The first-order valence-electron chi connectivity index (χ1n) is 14.0. The molecule has 3 aliphatic rings. The van der Waals surface area contributed by atoms with E-state index in [9.17, 15) is 13.8 Å². The second-order valence-corrected chi connectivity index (χ2v) is 12.5. The number of nitrogens with zero attached hydrogens (tertiary/aromatic N) is 5. The molecule has 3 atom stereocenters. The summed E-state index contributed by atoms with van der Waals surface area (Å²) in [5.74, 6) is 0.498. The molecule has 3 saturated heterocycles. The molecule has 0 saturated carbocycles. The van der Waals surface area contributed by atoms with Crippen LogP contribution in [0.4, 0.5) is 11.5 Å².